The second-order valence-corrected chi connectivity index (χ2v) is 16.1. The molecule has 10 heteroatoms. The largest absolute Gasteiger partial charge is 0.361 e. The quantitative estimate of drug-likeness (QED) is 0.172. The third kappa shape index (κ3) is 8.26. The third-order valence-electron chi connectivity index (χ3n) is 4.74. The van der Waals surface area contributed by atoms with Crippen molar-refractivity contribution in [1.29, 1.82) is 0 Å². The molecule has 4 rings (SSSR count). The van der Waals surface area contributed by atoms with Gasteiger partial charge in [0.1, 0.15) is 39.2 Å². The second kappa shape index (κ2) is 12.0. The molecular formula is C24H26Br2F2N4OSi. The van der Waals surface area contributed by atoms with Crippen molar-refractivity contribution in [3.63, 3.8) is 0 Å². The van der Waals surface area contributed by atoms with Gasteiger partial charge in [0.15, 0.2) is 0 Å². The molecule has 0 radical (unpaired) electrons. The molecule has 0 atom stereocenters. The van der Waals surface area contributed by atoms with Crippen molar-refractivity contribution in [2.75, 3.05) is 6.61 Å². The summed E-state index contributed by atoms with van der Waals surface area (Å²) in [5.41, 5.74) is 1.74. The normalized spacial score (nSPS) is 11.3. The van der Waals surface area contributed by atoms with Gasteiger partial charge < -0.3 is 14.3 Å². The van der Waals surface area contributed by atoms with Crippen LogP contribution in [0.25, 0.3) is 22.8 Å². The Kier molecular flexibility index (Phi) is 9.35. The van der Waals surface area contributed by atoms with E-state index >= 15 is 0 Å². The van der Waals surface area contributed by atoms with Crippen LogP contribution in [0.4, 0.5) is 8.78 Å². The van der Waals surface area contributed by atoms with E-state index < -0.39 is 8.07 Å². The predicted molar refractivity (Wildman–Crippen MR) is 141 cm³/mol. The lowest BCUT2D eigenvalue weighted by Crippen LogP contribution is -2.22. The number of rotatable bonds is 7. The van der Waals surface area contributed by atoms with Crippen LogP contribution in [-0.2, 0) is 11.5 Å². The van der Waals surface area contributed by atoms with Crippen LogP contribution in [0, 0.1) is 11.6 Å². The summed E-state index contributed by atoms with van der Waals surface area (Å²) in [5.74, 6) is 1.01. The van der Waals surface area contributed by atoms with Crippen LogP contribution >= 0.6 is 31.9 Å². The Morgan fingerprint density at radius 3 is 2.06 bits per heavy atom. The Bertz CT molecular complexity index is 1190. The van der Waals surface area contributed by atoms with Crippen molar-refractivity contribution in [3.8, 4) is 22.8 Å². The molecule has 0 fully saturated rings. The predicted octanol–water partition coefficient (Wildman–Crippen LogP) is 7.74. The van der Waals surface area contributed by atoms with Gasteiger partial charge in [-0.1, -0.05) is 19.6 Å². The maximum absolute atomic E-state index is 13.0. The highest BCUT2D eigenvalue weighted by Gasteiger charge is 2.13. The van der Waals surface area contributed by atoms with Gasteiger partial charge in [-0.3, -0.25) is 0 Å². The van der Waals surface area contributed by atoms with Crippen molar-refractivity contribution in [2.45, 2.75) is 32.4 Å². The Hall–Kier alpha value is -2.14. The van der Waals surface area contributed by atoms with Crippen LogP contribution in [0.15, 0.2) is 70.1 Å². The molecule has 0 spiro atoms. The SMILES string of the molecule is C[Si](C)(C)CCOCn1cc(Br)nc1-c1ccc(F)cc1.Fc1ccc(-c2ncc(Br)[nH]2)cc1. The van der Waals surface area contributed by atoms with Gasteiger partial charge >= 0.3 is 0 Å². The number of nitrogens with one attached hydrogen (secondary N) is 1. The highest BCUT2D eigenvalue weighted by molar-refractivity contribution is 9.10. The number of aromatic nitrogens is 4. The van der Waals surface area contributed by atoms with E-state index in [9.17, 15) is 8.78 Å². The highest BCUT2D eigenvalue weighted by Crippen LogP contribution is 2.22. The fourth-order valence-electron chi connectivity index (χ4n) is 2.91. The topological polar surface area (TPSA) is 55.7 Å². The number of ether oxygens (including phenoxy) is 1. The molecule has 0 saturated heterocycles. The zero-order chi connectivity index (χ0) is 24.7. The second-order valence-electron chi connectivity index (χ2n) is 8.80. The number of hydrogen-bond acceptors (Lipinski definition) is 3. The molecule has 5 nitrogen and oxygen atoms in total. The van der Waals surface area contributed by atoms with Crippen molar-refractivity contribution >= 4 is 39.9 Å². The molecule has 0 unspecified atom stereocenters. The molecule has 1 N–H and O–H groups in total. The standard InChI is InChI=1S/C15H20BrFN2OSi.C9H6BrFN2/c1-21(2,3)9-8-20-11-19-10-14(16)18-15(19)12-4-6-13(17)7-5-12;10-8-5-12-9(13-8)6-1-3-7(11)4-2-6/h4-7,10H,8-9,11H2,1-3H3;1-5H,(H,12,13). The minimum atomic E-state index is -1.07. The summed E-state index contributed by atoms with van der Waals surface area (Å²) in [6.45, 7) is 8.19. The minimum Gasteiger partial charge on any atom is -0.361 e. The van der Waals surface area contributed by atoms with Gasteiger partial charge in [-0.2, -0.15) is 0 Å². The summed E-state index contributed by atoms with van der Waals surface area (Å²) in [4.78, 5) is 11.5. The molecule has 0 aliphatic heterocycles. The molecule has 2 heterocycles. The summed E-state index contributed by atoms with van der Waals surface area (Å²) >= 11 is 6.63. The summed E-state index contributed by atoms with van der Waals surface area (Å²) in [6.07, 6.45) is 3.55. The van der Waals surface area contributed by atoms with Crippen LogP contribution in [-0.4, -0.2) is 34.2 Å². The van der Waals surface area contributed by atoms with Crippen LogP contribution < -0.4 is 0 Å². The lowest BCUT2D eigenvalue weighted by molar-refractivity contribution is 0.0882. The average Bonchev–Trinajstić information content (AvgIpc) is 3.37. The molecule has 0 aliphatic carbocycles. The number of H-pyrrole nitrogens is 1. The first-order chi connectivity index (χ1) is 16.1. The van der Waals surface area contributed by atoms with E-state index in [1.807, 2.05) is 10.8 Å². The molecule has 34 heavy (non-hydrogen) atoms. The fourth-order valence-corrected chi connectivity index (χ4v) is 4.37. The van der Waals surface area contributed by atoms with Gasteiger partial charge in [-0.25, -0.2) is 18.7 Å². The maximum Gasteiger partial charge on any atom is 0.143 e. The van der Waals surface area contributed by atoms with E-state index in [0.29, 0.717) is 6.73 Å². The van der Waals surface area contributed by atoms with E-state index in [1.165, 1.54) is 24.3 Å². The van der Waals surface area contributed by atoms with Gasteiger partial charge in [0, 0.05) is 32.0 Å². The van der Waals surface area contributed by atoms with Crippen molar-refractivity contribution in [1.82, 2.24) is 19.5 Å². The molecule has 2 aromatic heterocycles. The number of hydrogen-bond donors (Lipinski definition) is 1. The summed E-state index contributed by atoms with van der Waals surface area (Å²) in [5, 5.41) is 0. The summed E-state index contributed by atoms with van der Waals surface area (Å²) < 4.78 is 34.8. The third-order valence-corrected chi connectivity index (χ3v) is 7.23. The number of benzene rings is 2. The zero-order valence-electron chi connectivity index (χ0n) is 19.2. The fraction of sp³-hybridized carbons (Fsp3) is 0.250. The van der Waals surface area contributed by atoms with Crippen LogP contribution in [0.1, 0.15) is 0 Å². The van der Waals surface area contributed by atoms with Gasteiger partial charge in [0.25, 0.3) is 0 Å². The molecule has 4 aromatic rings. The Morgan fingerprint density at radius 2 is 1.53 bits per heavy atom. The van der Waals surface area contributed by atoms with E-state index in [4.69, 9.17) is 4.74 Å². The Morgan fingerprint density at radius 1 is 0.941 bits per heavy atom. The van der Waals surface area contributed by atoms with Crippen molar-refractivity contribution in [2.24, 2.45) is 0 Å². The molecular weight excluding hydrogens is 586 g/mol. The van der Waals surface area contributed by atoms with Gasteiger partial charge in [0.05, 0.1) is 6.20 Å². The molecule has 180 valence electrons. The van der Waals surface area contributed by atoms with E-state index in [1.54, 1.807) is 30.5 Å². The smallest absolute Gasteiger partial charge is 0.143 e. The molecule has 0 saturated carbocycles. The molecule has 2 aromatic carbocycles. The highest BCUT2D eigenvalue weighted by atomic mass is 79.9. The zero-order valence-corrected chi connectivity index (χ0v) is 23.3. The summed E-state index contributed by atoms with van der Waals surface area (Å²) in [7, 11) is -1.07. The lowest BCUT2D eigenvalue weighted by atomic mass is 10.2. The Labute approximate surface area is 215 Å². The molecule has 0 amide bonds. The number of imidazole rings is 2. The number of aromatic amines is 1. The minimum absolute atomic E-state index is 0.241. The first-order valence-electron chi connectivity index (χ1n) is 10.6. The van der Waals surface area contributed by atoms with E-state index in [-0.39, 0.29) is 11.6 Å². The van der Waals surface area contributed by atoms with Gasteiger partial charge in [0.2, 0.25) is 0 Å². The van der Waals surface area contributed by atoms with Crippen molar-refractivity contribution < 1.29 is 13.5 Å². The summed E-state index contributed by atoms with van der Waals surface area (Å²) in [6, 6.07) is 13.6. The van der Waals surface area contributed by atoms with Crippen molar-refractivity contribution in [3.05, 3.63) is 81.8 Å². The first kappa shape index (κ1) is 26.5. The lowest BCUT2D eigenvalue weighted by Gasteiger charge is -2.16. The first-order valence-corrected chi connectivity index (χ1v) is 15.9. The van der Waals surface area contributed by atoms with Crippen LogP contribution in [0.2, 0.25) is 25.7 Å². The number of halogens is 4. The van der Waals surface area contributed by atoms with Gasteiger partial charge in [-0.05, 0) is 86.4 Å². The van der Waals surface area contributed by atoms with Crippen LogP contribution in [0.5, 0.6) is 0 Å². The molecule has 0 bridgehead atoms. The van der Waals surface area contributed by atoms with Gasteiger partial charge in [-0.15, -0.1) is 0 Å². The monoisotopic (exact) mass is 610 g/mol. The van der Waals surface area contributed by atoms with E-state index in [0.717, 1.165) is 44.6 Å². The Balaban J connectivity index is 0.000000212. The number of nitrogens with zero attached hydrogens (tertiary/aromatic N) is 3. The van der Waals surface area contributed by atoms with Crippen LogP contribution in [0.3, 0.4) is 0 Å². The molecule has 0 aliphatic rings. The van der Waals surface area contributed by atoms with E-state index in [2.05, 4.69) is 66.5 Å². The average molecular weight is 612 g/mol. The maximum atomic E-state index is 13.0.